The van der Waals surface area contributed by atoms with Crippen LogP contribution in [-0.4, -0.2) is 15.9 Å². The van der Waals surface area contributed by atoms with Gasteiger partial charge in [0.05, 0.1) is 5.56 Å². The zero-order chi connectivity index (χ0) is 21.9. The smallest absolute Gasteiger partial charge is 0.435 e. The highest BCUT2D eigenvalue weighted by molar-refractivity contribution is 7.99. The van der Waals surface area contributed by atoms with Crippen molar-refractivity contribution in [3.05, 3.63) is 69.8 Å². The number of aryl methyl sites for hydroxylation is 1. The summed E-state index contributed by atoms with van der Waals surface area (Å²) in [7, 11) is 1.39. The van der Waals surface area contributed by atoms with Crippen molar-refractivity contribution in [1.82, 2.24) is 9.78 Å². The van der Waals surface area contributed by atoms with Gasteiger partial charge in [-0.05, 0) is 48.5 Å². The molecule has 1 amide bonds. The molecule has 158 valence electrons. The Morgan fingerprint density at radius 2 is 1.67 bits per heavy atom. The molecule has 0 radical (unpaired) electrons. The molecule has 0 unspecified atom stereocenters. The number of ether oxygens (including phenoxy) is 1. The maximum Gasteiger partial charge on any atom is 0.435 e. The van der Waals surface area contributed by atoms with Gasteiger partial charge in [-0.2, -0.15) is 18.3 Å². The molecule has 0 saturated heterocycles. The molecule has 1 heterocycles. The highest BCUT2D eigenvalue weighted by atomic mass is 35.5. The third-order valence-electron chi connectivity index (χ3n) is 3.82. The molecule has 5 nitrogen and oxygen atoms in total. The molecule has 2 aromatic carbocycles. The minimum Gasteiger partial charge on any atom is -0.444 e. The van der Waals surface area contributed by atoms with Crippen LogP contribution in [0.1, 0.15) is 11.3 Å². The summed E-state index contributed by atoms with van der Waals surface area (Å²) < 4.78 is 46.6. The molecular formula is C19H14Cl2F3N3O2S. The molecule has 1 aromatic heterocycles. The maximum absolute atomic E-state index is 13.5. The number of hydrogen-bond acceptors (Lipinski definition) is 4. The van der Waals surface area contributed by atoms with Gasteiger partial charge in [0.2, 0.25) is 0 Å². The molecule has 30 heavy (non-hydrogen) atoms. The van der Waals surface area contributed by atoms with E-state index in [1.165, 1.54) is 19.2 Å². The predicted octanol–water partition coefficient (Wildman–Crippen LogP) is 6.65. The monoisotopic (exact) mass is 475 g/mol. The van der Waals surface area contributed by atoms with E-state index in [0.717, 1.165) is 16.4 Å². The minimum absolute atomic E-state index is 0.198. The Kier molecular flexibility index (Phi) is 6.84. The number of carbonyl (C=O) groups excluding carboxylic acids is 1. The van der Waals surface area contributed by atoms with E-state index in [4.69, 9.17) is 27.9 Å². The number of rotatable bonds is 5. The maximum atomic E-state index is 13.5. The van der Waals surface area contributed by atoms with Gasteiger partial charge < -0.3 is 4.74 Å². The van der Waals surface area contributed by atoms with Gasteiger partial charge in [-0.3, -0.25) is 10.00 Å². The van der Waals surface area contributed by atoms with Crippen LogP contribution in [-0.2, 0) is 24.6 Å². The number of hydrogen-bond donors (Lipinski definition) is 1. The number of aromatic nitrogens is 2. The lowest BCUT2D eigenvalue weighted by atomic mass is 10.2. The average molecular weight is 476 g/mol. The Labute approximate surface area is 184 Å². The average Bonchev–Trinajstić information content (AvgIpc) is 3.00. The van der Waals surface area contributed by atoms with Crippen molar-refractivity contribution in [2.75, 3.05) is 5.32 Å². The van der Waals surface area contributed by atoms with Crippen LogP contribution in [0.15, 0.2) is 58.5 Å². The second kappa shape index (κ2) is 9.20. The molecule has 0 saturated carbocycles. The van der Waals surface area contributed by atoms with E-state index in [9.17, 15) is 18.0 Å². The number of benzene rings is 2. The first-order chi connectivity index (χ1) is 14.1. The molecule has 3 rings (SSSR count). The van der Waals surface area contributed by atoms with Crippen LogP contribution in [0.25, 0.3) is 0 Å². The number of nitrogens with zero attached hydrogens (tertiary/aromatic N) is 2. The van der Waals surface area contributed by atoms with Gasteiger partial charge in [0.25, 0.3) is 0 Å². The van der Waals surface area contributed by atoms with Gasteiger partial charge in [0.15, 0.2) is 5.69 Å². The van der Waals surface area contributed by atoms with Crippen molar-refractivity contribution >= 4 is 46.7 Å². The Morgan fingerprint density at radius 1 is 1.10 bits per heavy atom. The van der Waals surface area contributed by atoms with Gasteiger partial charge in [0, 0.05) is 27.7 Å². The summed E-state index contributed by atoms with van der Waals surface area (Å²) in [5, 5.41) is 7.19. The lowest BCUT2D eigenvalue weighted by molar-refractivity contribution is -0.142. The first-order valence-electron chi connectivity index (χ1n) is 8.39. The fourth-order valence-corrected chi connectivity index (χ4v) is 3.68. The Morgan fingerprint density at radius 3 is 2.23 bits per heavy atom. The summed E-state index contributed by atoms with van der Waals surface area (Å²) in [5.41, 5.74) is -0.959. The largest absolute Gasteiger partial charge is 0.444 e. The third kappa shape index (κ3) is 5.62. The van der Waals surface area contributed by atoms with Crippen LogP contribution in [0.2, 0.25) is 10.0 Å². The fraction of sp³-hybridized carbons (Fsp3) is 0.158. The molecule has 0 aliphatic rings. The van der Waals surface area contributed by atoms with Crippen LogP contribution >= 0.6 is 35.0 Å². The lowest BCUT2D eigenvalue weighted by Gasteiger charge is -2.11. The summed E-state index contributed by atoms with van der Waals surface area (Å²) in [6, 6.07) is 12.8. The third-order valence-corrected chi connectivity index (χ3v) is 5.54. The summed E-state index contributed by atoms with van der Waals surface area (Å²) in [4.78, 5) is 12.7. The van der Waals surface area contributed by atoms with Gasteiger partial charge in [-0.1, -0.05) is 35.0 Å². The molecular weight excluding hydrogens is 462 g/mol. The van der Waals surface area contributed by atoms with E-state index in [1.54, 1.807) is 36.4 Å². The summed E-state index contributed by atoms with van der Waals surface area (Å²) in [6.45, 7) is -0.613. The van der Waals surface area contributed by atoms with Gasteiger partial charge in [-0.25, -0.2) is 4.79 Å². The molecule has 0 atom stereocenters. The molecule has 0 aliphatic heterocycles. The molecule has 0 bridgehead atoms. The summed E-state index contributed by atoms with van der Waals surface area (Å²) in [6.07, 6.45) is -5.61. The first kappa shape index (κ1) is 22.3. The number of carbonyl (C=O) groups is 1. The molecule has 0 spiro atoms. The van der Waals surface area contributed by atoms with Crippen molar-refractivity contribution < 1.29 is 22.7 Å². The van der Waals surface area contributed by atoms with Crippen LogP contribution in [0.3, 0.4) is 0 Å². The van der Waals surface area contributed by atoms with E-state index in [-0.39, 0.29) is 10.6 Å². The Bertz CT molecular complexity index is 1040. The standard InChI is InChI=1S/C19H14Cl2F3N3O2S/c1-27-17(30-14-8-4-12(21)5-9-14)15(16(26-27)19(22,23)24)10-29-18(28)25-13-6-2-11(20)3-7-13/h2-9H,10H2,1H3,(H,25,28). The van der Waals surface area contributed by atoms with E-state index in [1.807, 2.05) is 0 Å². The SMILES string of the molecule is Cn1nc(C(F)(F)F)c(COC(=O)Nc2ccc(Cl)cc2)c1Sc1ccc(Cl)cc1. The quantitative estimate of drug-likeness (QED) is 0.448. The minimum atomic E-state index is -4.71. The van der Waals surface area contributed by atoms with E-state index in [2.05, 4.69) is 10.4 Å². The van der Waals surface area contributed by atoms with E-state index < -0.39 is 24.6 Å². The molecule has 1 N–H and O–H groups in total. The van der Waals surface area contributed by atoms with Crippen molar-refractivity contribution in [3.8, 4) is 0 Å². The number of anilines is 1. The lowest BCUT2D eigenvalue weighted by Crippen LogP contribution is -2.16. The van der Waals surface area contributed by atoms with Crippen molar-refractivity contribution in [2.45, 2.75) is 22.7 Å². The number of halogens is 5. The highest BCUT2D eigenvalue weighted by Gasteiger charge is 2.39. The normalized spacial score (nSPS) is 11.4. The Hall–Kier alpha value is -2.36. The number of amides is 1. The zero-order valence-corrected chi connectivity index (χ0v) is 17.7. The number of alkyl halides is 3. The van der Waals surface area contributed by atoms with E-state index >= 15 is 0 Å². The topological polar surface area (TPSA) is 56.2 Å². The molecule has 11 heteroatoms. The molecule has 0 aliphatic carbocycles. The Balaban J connectivity index is 1.81. The van der Waals surface area contributed by atoms with Crippen molar-refractivity contribution in [2.24, 2.45) is 7.05 Å². The van der Waals surface area contributed by atoms with Crippen molar-refractivity contribution in [3.63, 3.8) is 0 Å². The summed E-state index contributed by atoms with van der Waals surface area (Å²) in [5.74, 6) is 0. The van der Waals surface area contributed by atoms with Crippen LogP contribution in [0, 0.1) is 0 Å². The predicted molar refractivity (Wildman–Crippen MR) is 109 cm³/mol. The second-order valence-electron chi connectivity index (χ2n) is 6.02. The summed E-state index contributed by atoms with van der Waals surface area (Å²) >= 11 is 12.7. The molecule has 0 fully saturated rings. The first-order valence-corrected chi connectivity index (χ1v) is 9.96. The zero-order valence-electron chi connectivity index (χ0n) is 15.3. The fourth-order valence-electron chi connectivity index (χ4n) is 2.48. The molecule has 3 aromatic rings. The highest BCUT2D eigenvalue weighted by Crippen LogP contribution is 2.39. The van der Waals surface area contributed by atoms with Crippen molar-refractivity contribution in [1.29, 1.82) is 0 Å². The second-order valence-corrected chi connectivity index (χ2v) is 7.95. The van der Waals surface area contributed by atoms with Crippen LogP contribution < -0.4 is 5.32 Å². The number of nitrogens with one attached hydrogen (secondary N) is 1. The van der Waals surface area contributed by atoms with E-state index in [0.29, 0.717) is 20.6 Å². The van der Waals surface area contributed by atoms with Crippen LogP contribution in [0.5, 0.6) is 0 Å². The van der Waals surface area contributed by atoms with Gasteiger partial charge >= 0.3 is 12.3 Å². The van der Waals surface area contributed by atoms with Gasteiger partial charge in [-0.15, -0.1) is 0 Å². The van der Waals surface area contributed by atoms with Gasteiger partial charge in [0.1, 0.15) is 11.6 Å². The van der Waals surface area contributed by atoms with Crippen LogP contribution in [0.4, 0.5) is 23.7 Å².